The summed E-state index contributed by atoms with van der Waals surface area (Å²) in [6, 6.07) is 9.45. The fraction of sp³-hybridized carbons (Fsp3) is 0.556. The average Bonchev–Trinajstić information content (AvgIpc) is 2.44. The van der Waals surface area contributed by atoms with Crippen molar-refractivity contribution >= 4 is 11.8 Å². The van der Waals surface area contributed by atoms with Crippen LogP contribution < -0.4 is 5.32 Å². The second-order valence-electron chi connectivity index (χ2n) is 6.60. The monoisotopic (exact) mass is 305 g/mol. The fourth-order valence-corrected chi connectivity index (χ4v) is 2.10. The molecule has 1 aromatic rings. The minimum absolute atomic E-state index is 0.0225. The van der Waals surface area contributed by atoms with Gasteiger partial charge in [0.2, 0.25) is 0 Å². The molecule has 0 aliphatic carbocycles. The number of nitrogens with one attached hydrogen (secondary N) is 1. The third-order valence-corrected chi connectivity index (χ3v) is 3.43. The lowest BCUT2D eigenvalue weighted by Gasteiger charge is -2.24. The molecule has 0 heterocycles. The van der Waals surface area contributed by atoms with Gasteiger partial charge in [0.15, 0.2) is 0 Å². The summed E-state index contributed by atoms with van der Waals surface area (Å²) in [5.74, 6) is -0.743. The summed E-state index contributed by atoms with van der Waals surface area (Å²) < 4.78 is 5.47. The molecule has 1 rings (SSSR count). The zero-order chi connectivity index (χ0) is 16.8. The van der Waals surface area contributed by atoms with Gasteiger partial charge in [-0.15, -0.1) is 0 Å². The third-order valence-electron chi connectivity index (χ3n) is 3.43. The highest BCUT2D eigenvalue weighted by Crippen LogP contribution is 2.19. The van der Waals surface area contributed by atoms with Crippen LogP contribution in [0.4, 0.5) is 0 Å². The van der Waals surface area contributed by atoms with E-state index in [1.54, 1.807) is 14.0 Å². The van der Waals surface area contributed by atoms with E-state index in [2.05, 4.69) is 5.32 Å². The molecule has 122 valence electrons. The highest BCUT2D eigenvalue weighted by atomic mass is 16.6. The number of ether oxygens (including phenoxy) is 1. The van der Waals surface area contributed by atoms with E-state index in [9.17, 15) is 9.59 Å². The number of benzene rings is 1. The average molecular weight is 305 g/mol. The number of carbonyl (C=O) groups is 2. The van der Waals surface area contributed by atoms with Crippen molar-refractivity contribution in [3.8, 4) is 0 Å². The minimum Gasteiger partial charge on any atom is -0.460 e. The number of esters is 1. The van der Waals surface area contributed by atoms with Crippen LogP contribution in [0.15, 0.2) is 30.3 Å². The Morgan fingerprint density at radius 2 is 1.77 bits per heavy atom. The molecule has 1 N–H and O–H groups in total. The Balaban J connectivity index is 2.85. The summed E-state index contributed by atoms with van der Waals surface area (Å²) in [5, 5.41) is 2.92. The minimum atomic E-state index is -0.552. The van der Waals surface area contributed by atoms with E-state index in [0.717, 1.165) is 5.56 Å². The zero-order valence-corrected chi connectivity index (χ0v) is 14.2. The maximum absolute atomic E-state index is 12.4. The van der Waals surface area contributed by atoms with Gasteiger partial charge in [0.1, 0.15) is 11.4 Å². The molecule has 0 fully saturated rings. The Morgan fingerprint density at radius 3 is 2.27 bits per heavy atom. The summed E-state index contributed by atoms with van der Waals surface area (Å²) in [7, 11) is 1.74. The van der Waals surface area contributed by atoms with Gasteiger partial charge in [-0.2, -0.15) is 0 Å². The van der Waals surface area contributed by atoms with E-state index in [1.807, 2.05) is 51.1 Å². The molecule has 2 atom stereocenters. The maximum atomic E-state index is 12.4. The molecule has 4 nitrogen and oxygen atoms in total. The quantitative estimate of drug-likeness (QED) is 0.787. The molecule has 0 unspecified atom stereocenters. The molecule has 0 amide bonds. The number of likely N-dealkylation sites (N-methyl/N-ethyl adjacent to an activating group) is 1. The summed E-state index contributed by atoms with van der Waals surface area (Å²) in [5.41, 5.74) is 0.479. The standard InChI is InChI=1S/C18H27NO3/c1-13(19-5)16(20)12-15(17(21)22-18(2,3)4)11-14-9-7-6-8-10-14/h6-10,13,15,19H,11-12H2,1-5H3/t13-,15+/m1/s1. The molecule has 0 radical (unpaired) electrons. The first-order valence-corrected chi connectivity index (χ1v) is 7.69. The fourth-order valence-electron chi connectivity index (χ4n) is 2.10. The Morgan fingerprint density at radius 1 is 1.18 bits per heavy atom. The Hall–Kier alpha value is -1.68. The van der Waals surface area contributed by atoms with Crippen molar-refractivity contribution in [2.75, 3.05) is 7.05 Å². The van der Waals surface area contributed by atoms with Crippen LogP contribution in [-0.4, -0.2) is 30.4 Å². The van der Waals surface area contributed by atoms with Crippen LogP contribution in [0.5, 0.6) is 0 Å². The van der Waals surface area contributed by atoms with E-state index in [0.29, 0.717) is 6.42 Å². The summed E-state index contributed by atoms with van der Waals surface area (Å²) in [6.45, 7) is 7.31. The predicted molar refractivity (Wildman–Crippen MR) is 87.6 cm³/mol. The molecule has 0 spiro atoms. The Bertz CT molecular complexity index is 491. The molecule has 22 heavy (non-hydrogen) atoms. The lowest BCUT2D eigenvalue weighted by molar-refractivity contribution is -0.161. The highest BCUT2D eigenvalue weighted by Gasteiger charge is 2.28. The van der Waals surface area contributed by atoms with Gasteiger partial charge in [0, 0.05) is 6.42 Å². The molecule has 4 heteroatoms. The summed E-state index contributed by atoms with van der Waals surface area (Å²) >= 11 is 0. The van der Waals surface area contributed by atoms with Gasteiger partial charge < -0.3 is 10.1 Å². The molecule has 1 aromatic carbocycles. The van der Waals surface area contributed by atoms with Gasteiger partial charge in [-0.1, -0.05) is 30.3 Å². The number of Topliss-reactive ketones (excluding diaryl/α,β-unsaturated/α-hetero) is 1. The lowest BCUT2D eigenvalue weighted by atomic mass is 9.92. The summed E-state index contributed by atoms with van der Waals surface area (Å²) in [6.07, 6.45) is 0.698. The van der Waals surface area contributed by atoms with Crippen molar-refractivity contribution in [1.29, 1.82) is 0 Å². The lowest BCUT2D eigenvalue weighted by Crippen LogP contribution is -2.36. The molecule has 0 bridgehead atoms. The van der Waals surface area contributed by atoms with E-state index in [4.69, 9.17) is 4.74 Å². The van der Waals surface area contributed by atoms with E-state index in [-0.39, 0.29) is 24.2 Å². The van der Waals surface area contributed by atoms with Crippen molar-refractivity contribution in [2.24, 2.45) is 5.92 Å². The van der Waals surface area contributed by atoms with Gasteiger partial charge in [-0.25, -0.2) is 0 Å². The second-order valence-corrected chi connectivity index (χ2v) is 6.60. The van der Waals surface area contributed by atoms with Crippen LogP contribution in [0.1, 0.15) is 39.7 Å². The van der Waals surface area contributed by atoms with E-state index in [1.165, 1.54) is 0 Å². The van der Waals surface area contributed by atoms with Crippen LogP contribution in [-0.2, 0) is 20.7 Å². The van der Waals surface area contributed by atoms with Crippen molar-refractivity contribution < 1.29 is 14.3 Å². The molecule has 0 aliphatic heterocycles. The normalized spacial score (nSPS) is 14.2. The van der Waals surface area contributed by atoms with E-state index >= 15 is 0 Å². The number of carbonyl (C=O) groups excluding carboxylic acids is 2. The molecule has 0 saturated heterocycles. The van der Waals surface area contributed by atoms with Gasteiger partial charge in [-0.05, 0) is 46.7 Å². The molecule has 0 saturated carbocycles. The van der Waals surface area contributed by atoms with Gasteiger partial charge in [0.05, 0.1) is 12.0 Å². The van der Waals surface area contributed by atoms with Crippen LogP contribution >= 0.6 is 0 Å². The van der Waals surface area contributed by atoms with Gasteiger partial charge in [0.25, 0.3) is 0 Å². The molecule has 0 aromatic heterocycles. The van der Waals surface area contributed by atoms with Crippen molar-refractivity contribution in [1.82, 2.24) is 5.32 Å². The van der Waals surface area contributed by atoms with E-state index < -0.39 is 11.5 Å². The predicted octanol–water partition coefficient (Wildman–Crippen LogP) is 2.75. The van der Waals surface area contributed by atoms with Crippen LogP contribution in [0.2, 0.25) is 0 Å². The topological polar surface area (TPSA) is 55.4 Å². The first-order valence-electron chi connectivity index (χ1n) is 7.69. The first kappa shape index (κ1) is 18.4. The molecule has 0 aliphatic rings. The molecular weight excluding hydrogens is 278 g/mol. The van der Waals surface area contributed by atoms with Gasteiger partial charge in [-0.3, -0.25) is 9.59 Å². The number of rotatable bonds is 7. The Kier molecular flexibility index (Phi) is 6.75. The number of hydrogen-bond donors (Lipinski definition) is 1. The highest BCUT2D eigenvalue weighted by molar-refractivity contribution is 5.88. The SMILES string of the molecule is CN[C@H](C)C(=O)C[C@H](Cc1ccccc1)C(=O)OC(C)(C)C. The van der Waals surface area contributed by atoms with Crippen LogP contribution in [0, 0.1) is 5.92 Å². The second kappa shape index (κ2) is 8.08. The molecular formula is C18H27NO3. The van der Waals surface area contributed by atoms with Gasteiger partial charge >= 0.3 is 5.97 Å². The zero-order valence-electron chi connectivity index (χ0n) is 14.2. The largest absolute Gasteiger partial charge is 0.460 e. The maximum Gasteiger partial charge on any atom is 0.310 e. The van der Waals surface area contributed by atoms with Crippen molar-refractivity contribution in [3.05, 3.63) is 35.9 Å². The summed E-state index contributed by atoms with van der Waals surface area (Å²) in [4.78, 5) is 24.6. The Labute approximate surface area is 133 Å². The van der Waals surface area contributed by atoms with Crippen LogP contribution in [0.25, 0.3) is 0 Å². The van der Waals surface area contributed by atoms with Crippen molar-refractivity contribution in [3.63, 3.8) is 0 Å². The smallest absolute Gasteiger partial charge is 0.310 e. The number of hydrogen-bond acceptors (Lipinski definition) is 4. The van der Waals surface area contributed by atoms with Crippen molar-refractivity contribution in [2.45, 2.75) is 52.2 Å². The van der Waals surface area contributed by atoms with Crippen LogP contribution in [0.3, 0.4) is 0 Å². The first-order chi connectivity index (χ1) is 10.2. The number of ketones is 1. The third kappa shape index (κ3) is 6.39.